The molecule has 1 N–H and O–H groups in total. The first-order valence-corrected chi connectivity index (χ1v) is 8.42. The van der Waals surface area contributed by atoms with E-state index in [0.717, 1.165) is 12.1 Å². The number of rotatable bonds is 6. The van der Waals surface area contributed by atoms with Crippen LogP contribution in [0, 0.1) is 28.6 Å². The summed E-state index contributed by atoms with van der Waals surface area (Å²) in [6, 6.07) is 11.6. The zero-order valence-electron chi connectivity index (χ0n) is 15.4. The van der Waals surface area contributed by atoms with Gasteiger partial charge in [0.05, 0.1) is 41.4 Å². The Morgan fingerprint density at radius 3 is 2.23 bits per heavy atom. The molecule has 2 aromatic rings. The number of nitrogens with zero attached hydrogens (tertiary/aromatic N) is 2. The molecule has 1 unspecified atom stereocenters. The molecule has 1 atom stereocenters. The van der Waals surface area contributed by atoms with Crippen molar-refractivity contribution in [2.75, 3.05) is 11.9 Å². The number of nitrogens with one attached hydrogen (secondary N) is 1. The monoisotopic (exact) mass is 423 g/mol. The summed E-state index contributed by atoms with van der Waals surface area (Å²) in [5.74, 6) is -6.35. The van der Waals surface area contributed by atoms with E-state index in [-0.39, 0.29) is 12.3 Å². The van der Waals surface area contributed by atoms with Gasteiger partial charge in [-0.2, -0.15) is 32.5 Å². The van der Waals surface area contributed by atoms with Crippen molar-refractivity contribution in [2.45, 2.75) is 19.0 Å². The van der Waals surface area contributed by atoms with Crippen molar-refractivity contribution in [2.24, 2.45) is 5.92 Å². The minimum atomic E-state index is -5.90. The summed E-state index contributed by atoms with van der Waals surface area (Å²) < 4.78 is 70.9. The molecular formula is C20H14F5N3O2. The lowest BCUT2D eigenvalue weighted by molar-refractivity contribution is -0.289. The van der Waals surface area contributed by atoms with Crippen LogP contribution < -0.4 is 10.1 Å². The highest BCUT2D eigenvalue weighted by Crippen LogP contribution is 2.45. The Kier molecular flexibility index (Phi) is 6.63. The second-order valence-corrected chi connectivity index (χ2v) is 6.28. The molecule has 0 aliphatic heterocycles. The lowest BCUT2D eigenvalue weighted by Crippen LogP contribution is -2.34. The SMILES string of the molecule is CC(COc1ccc(C#N)cc1)C(=O)Nc1ccc(C#N)c(C(F)(F)C(F)(F)F)c1. The summed E-state index contributed by atoms with van der Waals surface area (Å²) >= 11 is 0. The molecule has 0 radical (unpaired) electrons. The summed E-state index contributed by atoms with van der Waals surface area (Å²) in [5, 5.41) is 19.8. The highest BCUT2D eigenvalue weighted by Gasteiger charge is 2.59. The Morgan fingerprint density at radius 1 is 1.07 bits per heavy atom. The highest BCUT2D eigenvalue weighted by atomic mass is 19.4. The van der Waals surface area contributed by atoms with E-state index in [1.54, 1.807) is 0 Å². The number of halogens is 5. The average molecular weight is 423 g/mol. The topological polar surface area (TPSA) is 85.9 Å². The molecule has 10 heteroatoms. The van der Waals surface area contributed by atoms with Crippen molar-refractivity contribution in [1.29, 1.82) is 10.5 Å². The fourth-order valence-electron chi connectivity index (χ4n) is 2.32. The van der Waals surface area contributed by atoms with Gasteiger partial charge in [-0.05, 0) is 42.5 Å². The minimum absolute atomic E-state index is 0.112. The summed E-state index contributed by atoms with van der Waals surface area (Å²) in [5.41, 5.74) is -2.30. The van der Waals surface area contributed by atoms with Crippen molar-refractivity contribution < 1.29 is 31.5 Å². The van der Waals surface area contributed by atoms with Crippen molar-refractivity contribution in [3.63, 3.8) is 0 Å². The Bertz CT molecular complexity index is 1010. The molecule has 156 valence electrons. The summed E-state index contributed by atoms with van der Waals surface area (Å²) in [4.78, 5) is 12.2. The van der Waals surface area contributed by atoms with Gasteiger partial charge >= 0.3 is 12.1 Å². The Labute approximate surface area is 168 Å². The standard InChI is InChI=1S/C20H14F5N3O2/c1-12(11-30-16-6-2-13(9-26)3-7-16)18(29)28-15-5-4-14(10-27)17(8-15)19(21,22)20(23,24)25/h2-8,12H,11H2,1H3,(H,28,29). The molecule has 0 aliphatic carbocycles. The third-order valence-electron chi connectivity index (χ3n) is 4.03. The van der Waals surface area contributed by atoms with Gasteiger partial charge in [0.1, 0.15) is 5.75 Å². The van der Waals surface area contributed by atoms with Gasteiger partial charge in [0.15, 0.2) is 0 Å². The molecule has 0 aliphatic rings. The lowest BCUT2D eigenvalue weighted by Gasteiger charge is -2.22. The maximum Gasteiger partial charge on any atom is 0.458 e. The smallest absolute Gasteiger partial charge is 0.458 e. The quantitative estimate of drug-likeness (QED) is 0.681. The third kappa shape index (κ3) is 5.03. The highest BCUT2D eigenvalue weighted by molar-refractivity contribution is 5.92. The van der Waals surface area contributed by atoms with Crippen LogP contribution in [0.1, 0.15) is 23.6 Å². The van der Waals surface area contributed by atoms with Crippen LogP contribution in [-0.2, 0) is 10.7 Å². The summed E-state index contributed by atoms with van der Waals surface area (Å²) in [6.07, 6.45) is -5.90. The van der Waals surface area contributed by atoms with Crippen LogP contribution in [-0.4, -0.2) is 18.7 Å². The molecule has 1 amide bonds. The van der Waals surface area contributed by atoms with E-state index < -0.39 is 35.1 Å². The van der Waals surface area contributed by atoms with Gasteiger partial charge in [-0.25, -0.2) is 0 Å². The molecule has 0 bridgehead atoms. The van der Waals surface area contributed by atoms with Crippen LogP contribution >= 0.6 is 0 Å². The molecule has 2 rings (SSSR count). The number of hydrogen-bond donors (Lipinski definition) is 1. The zero-order chi connectivity index (χ0) is 22.5. The van der Waals surface area contributed by atoms with Gasteiger partial charge in [0.2, 0.25) is 5.91 Å². The van der Waals surface area contributed by atoms with E-state index in [1.807, 2.05) is 6.07 Å². The summed E-state index contributed by atoms with van der Waals surface area (Å²) in [7, 11) is 0. The summed E-state index contributed by atoms with van der Waals surface area (Å²) in [6.45, 7) is 1.35. The van der Waals surface area contributed by atoms with E-state index in [9.17, 15) is 26.7 Å². The molecule has 5 nitrogen and oxygen atoms in total. The van der Waals surface area contributed by atoms with Gasteiger partial charge in [-0.1, -0.05) is 6.92 Å². The number of anilines is 1. The molecule has 30 heavy (non-hydrogen) atoms. The van der Waals surface area contributed by atoms with Gasteiger partial charge in [-0.3, -0.25) is 4.79 Å². The maximum atomic E-state index is 13.7. The second-order valence-electron chi connectivity index (χ2n) is 6.28. The van der Waals surface area contributed by atoms with Gasteiger partial charge in [0.25, 0.3) is 0 Å². The Hall–Kier alpha value is -3.66. The number of ether oxygens (including phenoxy) is 1. The fourth-order valence-corrected chi connectivity index (χ4v) is 2.32. The van der Waals surface area contributed by atoms with Crippen LogP contribution in [0.2, 0.25) is 0 Å². The first-order chi connectivity index (χ1) is 14.0. The first-order valence-electron chi connectivity index (χ1n) is 8.42. The number of nitriles is 2. The Balaban J connectivity index is 2.11. The number of benzene rings is 2. The average Bonchev–Trinajstić information content (AvgIpc) is 2.71. The zero-order valence-corrected chi connectivity index (χ0v) is 15.4. The molecule has 0 aromatic heterocycles. The van der Waals surface area contributed by atoms with E-state index in [0.29, 0.717) is 17.4 Å². The predicted molar refractivity (Wildman–Crippen MR) is 95.6 cm³/mol. The number of alkyl halides is 5. The van der Waals surface area contributed by atoms with Crippen LogP contribution in [0.15, 0.2) is 42.5 Å². The van der Waals surface area contributed by atoms with Crippen LogP contribution in [0.4, 0.5) is 27.6 Å². The second kappa shape index (κ2) is 8.78. The van der Waals surface area contributed by atoms with Crippen molar-refractivity contribution in [3.05, 3.63) is 59.2 Å². The van der Waals surface area contributed by atoms with Crippen LogP contribution in [0.3, 0.4) is 0 Å². The first kappa shape index (κ1) is 22.6. The number of carbonyl (C=O) groups excluding carboxylic acids is 1. The molecule has 0 saturated carbocycles. The lowest BCUT2D eigenvalue weighted by atomic mass is 10.0. The van der Waals surface area contributed by atoms with Crippen molar-refractivity contribution >= 4 is 11.6 Å². The van der Waals surface area contributed by atoms with Crippen LogP contribution in [0.5, 0.6) is 5.75 Å². The molecule has 0 fully saturated rings. The molecule has 0 saturated heterocycles. The normalized spacial score (nSPS) is 12.4. The van der Waals surface area contributed by atoms with E-state index in [4.69, 9.17) is 15.3 Å². The van der Waals surface area contributed by atoms with Gasteiger partial charge < -0.3 is 10.1 Å². The Morgan fingerprint density at radius 2 is 1.70 bits per heavy atom. The van der Waals surface area contributed by atoms with Crippen LogP contribution in [0.25, 0.3) is 0 Å². The minimum Gasteiger partial charge on any atom is -0.493 e. The number of hydrogen-bond acceptors (Lipinski definition) is 4. The van der Waals surface area contributed by atoms with E-state index in [2.05, 4.69) is 5.32 Å². The van der Waals surface area contributed by atoms with Gasteiger partial charge in [0, 0.05) is 5.69 Å². The van der Waals surface area contributed by atoms with E-state index in [1.165, 1.54) is 37.3 Å². The predicted octanol–water partition coefficient (Wildman–Crippen LogP) is 4.74. The molecule has 2 aromatic carbocycles. The maximum absolute atomic E-state index is 13.7. The molecular weight excluding hydrogens is 409 g/mol. The molecule has 0 spiro atoms. The molecule has 0 heterocycles. The van der Waals surface area contributed by atoms with Crippen molar-refractivity contribution in [1.82, 2.24) is 0 Å². The largest absolute Gasteiger partial charge is 0.493 e. The number of amides is 1. The number of carbonyl (C=O) groups is 1. The van der Waals surface area contributed by atoms with E-state index >= 15 is 0 Å². The van der Waals surface area contributed by atoms with Crippen molar-refractivity contribution in [3.8, 4) is 17.9 Å². The third-order valence-corrected chi connectivity index (χ3v) is 4.03. The fraction of sp³-hybridized carbons (Fsp3) is 0.250. The van der Waals surface area contributed by atoms with Gasteiger partial charge in [-0.15, -0.1) is 0 Å².